The molecule has 2 aromatic heterocycles. The van der Waals surface area contributed by atoms with Gasteiger partial charge in [-0.3, -0.25) is 0 Å². The topological polar surface area (TPSA) is 34.6 Å². The van der Waals surface area contributed by atoms with Crippen LogP contribution in [0.4, 0.5) is 25.2 Å². The van der Waals surface area contributed by atoms with E-state index in [1.807, 2.05) is 47.6 Å². The molecule has 0 radical (unpaired) electrons. The average molecular weight is 495 g/mol. The van der Waals surface area contributed by atoms with E-state index >= 15 is 0 Å². The summed E-state index contributed by atoms with van der Waals surface area (Å²) < 4.78 is 63.2. The van der Waals surface area contributed by atoms with Crippen LogP contribution in [0.3, 0.4) is 0 Å². The van der Waals surface area contributed by atoms with E-state index in [-0.39, 0.29) is 0 Å². The fraction of sp³-hybridized carbons (Fsp3) is 0.150. The molecule has 2 aromatic carbocycles. The fourth-order valence-corrected chi connectivity index (χ4v) is 3.56. The summed E-state index contributed by atoms with van der Waals surface area (Å²) in [5, 5.41) is 0.388. The summed E-state index contributed by atoms with van der Waals surface area (Å²) in [6.07, 6.45) is 5.94. The molecule has 0 saturated heterocycles. The third-order valence-corrected chi connectivity index (χ3v) is 4.54. The van der Waals surface area contributed by atoms with Crippen molar-refractivity contribution in [2.75, 3.05) is 0 Å². The maximum atomic E-state index is 9.87. The Morgan fingerprint density at radius 3 is 1.91 bits per heavy atom. The van der Waals surface area contributed by atoms with Crippen LogP contribution in [-0.2, 0) is 0 Å². The van der Waals surface area contributed by atoms with Crippen LogP contribution in [0, 0.1) is 20.8 Å². The van der Waals surface area contributed by atoms with Crippen molar-refractivity contribution in [3.63, 3.8) is 0 Å². The SMILES string of the molecule is Cc1cc(C)c(-n2cc[n+](-c3nc4ccccc4nc3Cl)c2)c(C)c1.F[P-](F)(F)(F)(F)F. The Hall–Kier alpha value is -2.71. The zero-order valence-electron chi connectivity index (χ0n) is 17.1. The Balaban J connectivity index is 0.000000360. The van der Waals surface area contributed by atoms with Gasteiger partial charge in [0.05, 0.1) is 6.20 Å². The van der Waals surface area contributed by atoms with Crippen molar-refractivity contribution < 1.29 is 29.7 Å². The van der Waals surface area contributed by atoms with E-state index in [0.29, 0.717) is 11.0 Å². The molecule has 172 valence electrons. The molecule has 0 aliphatic heterocycles. The second-order valence-corrected chi connectivity index (χ2v) is 9.54. The van der Waals surface area contributed by atoms with Gasteiger partial charge in [0.15, 0.2) is 11.8 Å². The van der Waals surface area contributed by atoms with Gasteiger partial charge in [0.25, 0.3) is 0 Å². The molecule has 0 atom stereocenters. The van der Waals surface area contributed by atoms with Gasteiger partial charge >= 0.3 is 38.8 Å². The molecule has 4 nitrogen and oxygen atoms in total. The Labute approximate surface area is 184 Å². The zero-order chi connectivity index (χ0) is 24.0. The van der Waals surface area contributed by atoms with Crippen molar-refractivity contribution in [1.82, 2.24) is 14.5 Å². The van der Waals surface area contributed by atoms with Crippen molar-refractivity contribution in [2.45, 2.75) is 20.8 Å². The van der Waals surface area contributed by atoms with Crippen molar-refractivity contribution in [1.29, 1.82) is 0 Å². The minimum atomic E-state index is -10.7. The summed E-state index contributed by atoms with van der Waals surface area (Å²) in [5.74, 6) is 0.626. The van der Waals surface area contributed by atoms with Gasteiger partial charge in [0, 0.05) is 0 Å². The Kier molecular flexibility index (Phi) is 5.55. The molecular formula is C20H18ClF6N4P. The zero-order valence-corrected chi connectivity index (χ0v) is 18.7. The number of aryl methyl sites for hydroxylation is 3. The molecule has 0 aliphatic rings. The third kappa shape index (κ3) is 6.64. The van der Waals surface area contributed by atoms with Crippen LogP contribution < -0.4 is 4.57 Å². The van der Waals surface area contributed by atoms with Gasteiger partial charge in [0.1, 0.15) is 17.4 Å². The number of halogens is 7. The predicted molar refractivity (Wildman–Crippen MR) is 113 cm³/mol. The molecular weight excluding hydrogens is 477 g/mol. The molecule has 0 bridgehead atoms. The Morgan fingerprint density at radius 1 is 0.875 bits per heavy atom. The summed E-state index contributed by atoms with van der Waals surface area (Å²) in [7, 11) is -10.7. The number of benzene rings is 2. The standard InChI is InChI=1S/C20H18ClN4.F6P/c1-13-10-14(2)18(15(3)11-13)24-8-9-25(12-24)20-19(21)22-16-6-4-5-7-17(16)23-20;1-7(2,3,4,5)6/h4-12H,1-3H3;/q+1;-1. The predicted octanol–water partition coefficient (Wildman–Crippen LogP) is 7.66. The molecule has 0 N–H and O–H groups in total. The first-order chi connectivity index (χ1) is 14.5. The van der Waals surface area contributed by atoms with Crippen LogP contribution in [0.25, 0.3) is 22.5 Å². The van der Waals surface area contributed by atoms with Gasteiger partial charge in [-0.25, -0.2) is 14.1 Å². The monoisotopic (exact) mass is 494 g/mol. The number of hydrogen-bond donors (Lipinski definition) is 0. The molecule has 0 spiro atoms. The van der Waals surface area contributed by atoms with E-state index in [1.54, 1.807) is 0 Å². The van der Waals surface area contributed by atoms with Gasteiger partial charge in [-0.15, -0.1) is 0 Å². The van der Waals surface area contributed by atoms with E-state index in [2.05, 4.69) is 47.4 Å². The second-order valence-electron chi connectivity index (χ2n) is 7.26. The van der Waals surface area contributed by atoms with E-state index < -0.39 is 7.81 Å². The maximum absolute atomic E-state index is 10.7. The number of fused-ring (bicyclic) bond motifs is 1. The quantitative estimate of drug-likeness (QED) is 0.163. The molecule has 12 heteroatoms. The second kappa shape index (κ2) is 7.42. The van der Waals surface area contributed by atoms with E-state index in [0.717, 1.165) is 11.0 Å². The van der Waals surface area contributed by atoms with E-state index in [1.165, 1.54) is 22.4 Å². The molecule has 0 aliphatic carbocycles. The van der Waals surface area contributed by atoms with Crippen LogP contribution in [0.5, 0.6) is 0 Å². The molecule has 0 fully saturated rings. The molecule has 4 rings (SSSR count). The van der Waals surface area contributed by atoms with Crippen molar-refractivity contribution in [3.8, 4) is 11.5 Å². The molecule has 0 unspecified atom stereocenters. The van der Waals surface area contributed by atoms with Gasteiger partial charge in [0.2, 0.25) is 5.15 Å². The van der Waals surface area contributed by atoms with Crippen LogP contribution in [0.1, 0.15) is 16.7 Å². The van der Waals surface area contributed by atoms with Crippen molar-refractivity contribution >= 4 is 30.4 Å². The van der Waals surface area contributed by atoms with Crippen LogP contribution in [-0.4, -0.2) is 14.5 Å². The number of hydrogen-bond acceptors (Lipinski definition) is 2. The molecule has 2 heterocycles. The van der Waals surface area contributed by atoms with Gasteiger partial charge in [-0.2, -0.15) is 0 Å². The first-order valence-electron chi connectivity index (χ1n) is 9.14. The summed E-state index contributed by atoms with van der Waals surface area (Å²) in [6.45, 7) is 6.37. The van der Waals surface area contributed by atoms with Gasteiger partial charge < -0.3 is 0 Å². The molecule has 0 amide bonds. The summed E-state index contributed by atoms with van der Waals surface area (Å²) >= 11 is 6.37. The van der Waals surface area contributed by atoms with Crippen molar-refractivity contribution in [2.24, 2.45) is 0 Å². The summed E-state index contributed by atoms with van der Waals surface area (Å²) in [4.78, 5) is 9.12. The number of rotatable bonds is 2. The van der Waals surface area contributed by atoms with Gasteiger partial charge in [-0.1, -0.05) is 46.4 Å². The van der Waals surface area contributed by atoms with Crippen molar-refractivity contribution in [3.05, 3.63) is 77.0 Å². The normalized spacial score (nSPS) is 13.8. The average Bonchev–Trinajstić information content (AvgIpc) is 3.07. The van der Waals surface area contributed by atoms with Crippen LogP contribution in [0.2, 0.25) is 5.15 Å². The summed E-state index contributed by atoms with van der Waals surface area (Å²) in [6, 6.07) is 12.1. The van der Waals surface area contributed by atoms with Crippen LogP contribution in [0.15, 0.2) is 55.1 Å². The Bertz CT molecular complexity index is 1290. The van der Waals surface area contributed by atoms with Gasteiger partial charge in [-0.05, 0) is 44.0 Å². The minimum absolute atomic E-state index is 0.388. The molecule has 0 saturated carbocycles. The van der Waals surface area contributed by atoms with Crippen LogP contribution >= 0.6 is 19.4 Å². The third-order valence-electron chi connectivity index (χ3n) is 4.29. The number of imidazole rings is 1. The number of aromatic nitrogens is 4. The number of para-hydroxylation sites is 2. The van der Waals surface area contributed by atoms with E-state index in [4.69, 9.17) is 11.6 Å². The molecule has 4 aromatic rings. The first-order valence-corrected chi connectivity index (χ1v) is 11.5. The van der Waals surface area contributed by atoms with E-state index in [9.17, 15) is 25.2 Å². The summed E-state index contributed by atoms with van der Waals surface area (Å²) in [5.41, 5.74) is 6.52. The first kappa shape index (κ1) is 23.9. The number of nitrogens with zero attached hydrogens (tertiary/aromatic N) is 4. The fourth-order valence-electron chi connectivity index (χ4n) is 3.33. The molecule has 32 heavy (non-hydrogen) atoms. The Morgan fingerprint density at radius 2 is 1.38 bits per heavy atom.